The lowest BCUT2D eigenvalue weighted by atomic mass is 9.93. The van der Waals surface area contributed by atoms with Gasteiger partial charge >= 0.3 is 5.97 Å². The summed E-state index contributed by atoms with van der Waals surface area (Å²) in [5.74, 6) is 0.124. The molecular weight excluding hydrogens is 304 g/mol. The molecule has 3 rings (SSSR count). The zero-order valence-corrected chi connectivity index (χ0v) is 13.7. The van der Waals surface area contributed by atoms with Crippen LogP contribution >= 0.6 is 0 Å². The standard InChI is InChI=1S/C19H22N2O3/c1-23-17-11-15(7-8-16(17)20)18(22)24-19(9-10-21-13-19)12-14-5-3-2-4-6-14/h2-8,11,21H,9-10,12-13,20H2,1H3/t19-/m1/s1. The second-order valence-electron chi connectivity index (χ2n) is 6.12. The molecule has 5 nitrogen and oxygen atoms in total. The molecule has 1 fully saturated rings. The van der Waals surface area contributed by atoms with E-state index >= 15 is 0 Å². The number of nitrogen functional groups attached to an aromatic ring is 1. The van der Waals surface area contributed by atoms with Crippen molar-refractivity contribution in [2.24, 2.45) is 0 Å². The summed E-state index contributed by atoms with van der Waals surface area (Å²) in [5.41, 5.74) is 7.38. The molecule has 126 valence electrons. The monoisotopic (exact) mass is 326 g/mol. The quantitative estimate of drug-likeness (QED) is 0.652. The minimum absolute atomic E-state index is 0.354. The normalized spacial score (nSPS) is 19.9. The summed E-state index contributed by atoms with van der Waals surface area (Å²) in [4.78, 5) is 12.6. The lowest BCUT2D eigenvalue weighted by molar-refractivity contribution is -0.00868. The summed E-state index contributed by atoms with van der Waals surface area (Å²) in [7, 11) is 1.53. The first kappa shape index (κ1) is 16.3. The van der Waals surface area contributed by atoms with Crippen molar-refractivity contribution in [1.29, 1.82) is 0 Å². The lowest BCUT2D eigenvalue weighted by Gasteiger charge is -2.28. The van der Waals surface area contributed by atoms with E-state index in [-0.39, 0.29) is 5.97 Å². The maximum Gasteiger partial charge on any atom is 0.338 e. The van der Waals surface area contributed by atoms with E-state index in [0.717, 1.165) is 18.5 Å². The van der Waals surface area contributed by atoms with Crippen molar-refractivity contribution in [3.05, 3.63) is 59.7 Å². The van der Waals surface area contributed by atoms with Crippen molar-refractivity contribution < 1.29 is 14.3 Å². The van der Waals surface area contributed by atoms with Crippen LogP contribution in [0.4, 0.5) is 5.69 Å². The highest BCUT2D eigenvalue weighted by Gasteiger charge is 2.38. The second-order valence-corrected chi connectivity index (χ2v) is 6.12. The molecule has 1 aliphatic heterocycles. The number of hydrogen-bond acceptors (Lipinski definition) is 5. The number of carbonyl (C=O) groups is 1. The highest BCUT2D eigenvalue weighted by atomic mass is 16.6. The number of methoxy groups -OCH3 is 1. The van der Waals surface area contributed by atoms with Gasteiger partial charge < -0.3 is 20.5 Å². The Morgan fingerprint density at radius 1 is 1.25 bits per heavy atom. The van der Waals surface area contributed by atoms with E-state index in [1.165, 1.54) is 7.11 Å². The fraction of sp³-hybridized carbons (Fsp3) is 0.316. The van der Waals surface area contributed by atoms with Crippen LogP contribution in [-0.2, 0) is 11.2 Å². The van der Waals surface area contributed by atoms with Crippen molar-refractivity contribution >= 4 is 11.7 Å². The van der Waals surface area contributed by atoms with E-state index in [0.29, 0.717) is 30.0 Å². The van der Waals surface area contributed by atoms with E-state index in [4.69, 9.17) is 15.2 Å². The number of nitrogens with two attached hydrogens (primary N) is 1. The minimum atomic E-state index is -0.521. The van der Waals surface area contributed by atoms with Crippen LogP contribution in [-0.4, -0.2) is 31.8 Å². The third kappa shape index (κ3) is 3.51. The van der Waals surface area contributed by atoms with Gasteiger partial charge in [0.15, 0.2) is 0 Å². The molecule has 1 aliphatic rings. The highest BCUT2D eigenvalue weighted by Crippen LogP contribution is 2.28. The molecule has 0 amide bonds. The predicted molar refractivity (Wildman–Crippen MR) is 93.2 cm³/mol. The average molecular weight is 326 g/mol. The molecule has 0 aromatic heterocycles. The second kappa shape index (κ2) is 6.93. The minimum Gasteiger partial charge on any atom is -0.495 e. The SMILES string of the molecule is COc1cc(C(=O)O[C@@]2(Cc3ccccc3)CCNC2)ccc1N. The van der Waals surface area contributed by atoms with Crippen LogP contribution in [0.1, 0.15) is 22.3 Å². The molecule has 2 aromatic rings. The molecule has 0 bridgehead atoms. The van der Waals surface area contributed by atoms with Gasteiger partial charge in [-0.1, -0.05) is 30.3 Å². The van der Waals surface area contributed by atoms with Gasteiger partial charge in [-0.3, -0.25) is 0 Å². The summed E-state index contributed by atoms with van der Waals surface area (Å²) in [6.07, 6.45) is 1.48. The Morgan fingerprint density at radius 3 is 2.71 bits per heavy atom. The first-order chi connectivity index (χ1) is 11.6. The number of hydrogen-bond donors (Lipinski definition) is 2. The van der Waals surface area contributed by atoms with Crippen LogP contribution < -0.4 is 15.8 Å². The van der Waals surface area contributed by atoms with Crippen molar-refractivity contribution in [2.75, 3.05) is 25.9 Å². The molecule has 3 N–H and O–H groups in total. The number of esters is 1. The summed E-state index contributed by atoms with van der Waals surface area (Å²) in [6.45, 7) is 1.49. The van der Waals surface area contributed by atoms with E-state index in [9.17, 15) is 4.79 Å². The smallest absolute Gasteiger partial charge is 0.338 e. The molecule has 2 aromatic carbocycles. The Labute approximate surface area is 141 Å². The van der Waals surface area contributed by atoms with Crippen molar-refractivity contribution in [3.8, 4) is 5.75 Å². The van der Waals surface area contributed by atoms with Gasteiger partial charge in [-0.25, -0.2) is 4.79 Å². The van der Waals surface area contributed by atoms with Gasteiger partial charge in [0.05, 0.1) is 18.4 Å². The molecule has 0 aliphatic carbocycles. The van der Waals surface area contributed by atoms with E-state index in [1.807, 2.05) is 18.2 Å². The van der Waals surface area contributed by atoms with Crippen molar-refractivity contribution in [1.82, 2.24) is 5.32 Å². The number of ether oxygens (including phenoxy) is 2. The zero-order chi connectivity index (χ0) is 17.0. The molecular formula is C19H22N2O3. The number of rotatable bonds is 5. The molecule has 0 saturated carbocycles. The average Bonchev–Trinajstić information content (AvgIpc) is 3.04. The fourth-order valence-corrected chi connectivity index (χ4v) is 3.06. The van der Waals surface area contributed by atoms with Crippen LogP contribution in [0.25, 0.3) is 0 Å². The van der Waals surface area contributed by atoms with Gasteiger partial charge in [-0.2, -0.15) is 0 Å². The van der Waals surface area contributed by atoms with Crippen molar-refractivity contribution in [2.45, 2.75) is 18.4 Å². The Kier molecular flexibility index (Phi) is 4.71. The maximum atomic E-state index is 12.6. The van der Waals surface area contributed by atoms with Gasteiger partial charge in [-0.15, -0.1) is 0 Å². The third-order valence-corrected chi connectivity index (χ3v) is 4.35. The summed E-state index contributed by atoms with van der Waals surface area (Å²) < 4.78 is 11.1. The summed E-state index contributed by atoms with van der Waals surface area (Å²) >= 11 is 0. The first-order valence-corrected chi connectivity index (χ1v) is 8.03. The third-order valence-electron chi connectivity index (χ3n) is 4.35. The Morgan fingerprint density at radius 2 is 2.04 bits per heavy atom. The molecule has 24 heavy (non-hydrogen) atoms. The molecule has 0 radical (unpaired) electrons. The van der Waals surface area contributed by atoms with Crippen LogP contribution in [0.15, 0.2) is 48.5 Å². The largest absolute Gasteiger partial charge is 0.495 e. The molecule has 1 heterocycles. The Bertz CT molecular complexity index is 710. The Hall–Kier alpha value is -2.53. The van der Waals surface area contributed by atoms with Gasteiger partial charge in [-0.05, 0) is 30.3 Å². The lowest BCUT2D eigenvalue weighted by Crippen LogP contribution is -2.39. The highest BCUT2D eigenvalue weighted by molar-refractivity contribution is 5.91. The van der Waals surface area contributed by atoms with Crippen molar-refractivity contribution in [3.63, 3.8) is 0 Å². The molecule has 1 saturated heterocycles. The van der Waals surface area contributed by atoms with E-state index in [1.54, 1.807) is 18.2 Å². The van der Waals surface area contributed by atoms with Gasteiger partial charge in [0, 0.05) is 19.4 Å². The van der Waals surface area contributed by atoms with Crippen LogP contribution in [0.5, 0.6) is 5.75 Å². The Balaban J connectivity index is 1.79. The number of anilines is 1. The van der Waals surface area contributed by atoms with Crippen LogP contribution in [0, 0.1) is 0 Å². The predicted octanol–water partition coefficient (Wildman–Crippen LogP) is 2.41. The number of benzene rings is 2. The molecule has 5 heteroatoms. The van der Waals surface area contributed by atoms with E-state index < -0.39 is 5.60 Å². The van der Waals surface area contributed by atoms with Crippen LogP contribution in [0.3, 0.4) is 0 Å². The maximum absolute atomic E-state index is 12.6. The molecule has 0 unspecified atom stereocenters. The zero-order valence-electron chi connectivity index (χ0n) is 13.7. The fourth-order valence-electron chi connectivity index (χ4n) is 3.06. The number of carbonyl (C=O) groups excluding carboxylic acids is 1. The first-order valence-electron chi connectivity index (χ1n) is 8.03. The van der Waals surface area contributed by atoms with Gasteiger partial charge in [0.2, 0.25) is 0 Å². The van der Waals surface area contributed by atoms with Gasteiger partial charge in [0.25, 0.3) is 0 Å². The molecule has 1 atom stereocenters. The molecule has 0 spiro atoms. The van der Waals surface area contributed by atoms with Gasteiger partial charge in [0.1, 0.15) is 11.4 Å². The number of nitrogens with one attached hydrogen (secondary N) is 1. The van der Waals surface area contributed by atoms with Crippen LogP contribution in [0.2, 0.25) is 0 Å². The summed E-state index contributed by atoms with van der Waals surface area (Å²) in [5, 5.41) is 3.30. The summed E-state index contributed by atoms with van der Waals surface area (Å²) in [6, 6.07) is 15.0. The van der Waals surface area contributed by atoms with E-state index in [2.05, 4.69) is 17.4 Å². The topological polar surface area (TPSA) is 73.6 Å².